The van der Waals surface area contributed by atoms with Crippen LogP contribution in [0.25, 0.3) is 10.8 Å². The van der Waals surface area contributed by atoms with Gasteiger partial charge in [0, 0.05) is 4.90 Å². The minimum Gasteiger partial charge on any atom is -0.248 e. The predicted molar refractivity (Wildman–Crippen MR) is 71.4 cm³/mol. The lowest BCUT2D eigenvalue weighted by Gasteiger charge is -2.07. The van der Waals surface area contributed by atoms with E-state index in [-0.39, 0.29) is 5.37 Å². The Kier molecular flexibility index (Phi) is 3.57. The second-order valence-corrected chi connectivity index (χ2v) is 5.09. The SMILES string of the molecule is CC(S)NSc1ccc2ccccc2c1. The molecule has 1 nitrogen and oxygen atoms in total. The van der Waals surface area contributed by atoms with Crippen LogP contribution in [0.5, 0.6) is 0 Å². The molecular formula is C12H13NS2. The molecule has 1 N–H and O–H groups in total. The molecule has 0 aromatic heterocycles. The molecule has 1 atom stereocenters. The molecular weight excluding hydrogens is 222 g/mol. The molecule has 2 aromatic rings. The number of nitrogens with one attached hydrogen (secondary N) is 1. The molecule has 0 aliphatic rings. The van der Waals surface area contributed by atoms with Gasteiger partial charge in [-0.2, -0.15) is 12.6 Å². The Morgan fingerprint density at radius 1 is 1.13 bits per heavy atom. The van der Waals surface area contributed by atoms with Crippen molar-refractivity contribution in [3.63, 3.8) is 0 Å². The predicted octanol–water partition coefficient (Wildman–Crippen LogP) is 3.71. The normalized spacial score (nSPS) is 12.9. The van der Waals surface area contributed by atoms with Crippen LogP contribution < -0.4 is 4.72 Å². The van der Waals surface area contributed by atoms with Gasteiger partial charge in [0.25, 0.3) is 0 Å². The van der Waals surface area contributed by atoms with E-state index in [0.717, 1.165) is 0 Å². The lowest BCUT2D eigenvalue weighted by Crippen LogP contribution is -2.10. The summed E-state index contributed by atoms with van der Waals surface area (Å²) in [6.45, 7) is 2.01. The Balaban J connectivity index is 2.23. The van der Waals surface area contributed by atoms with E-state index >= 15 is 0 Å². The van der Waals surface area contributed by atoms with E-state index in [1.54, 1.807) is 11.9 Å². The van der Waals surface area contributed by atoms with Gasteiger partial charge in [-0.3, -0.25) is 0 Å². The molecule has 3 heteroatoms. The fourth-order valence-electron chi connectivity index (χ4n) is 1.38. The summed E-state index contributed by atoms with van der Waals surface area (Å²) < 4.78 is 3.21. The maximum absolute atomic E-state index is 4.27. The molecule has 0 aliphatic carbocycles. The van der Waals surface area contributed by atoms with Crippen molar-refractivity contribution in [1.82, 2.24) is 4.72 Å². The van der Waals surface area contributed by atoms with E-state index in [2.05, 4.69) is 59.8 Å². The number of thiol groups is 1. The molecule has 78 valence electrons. The van der Waals surface area contributed by atoms with Crippen LogP contribution in [-0.2, 0) is 0 Å². The molecule has 1 unspecified atom stereocenters. The van der Waals surface area contributed by atoms with Gasteiger partial charge < -0.3 is 0 Å². The molecule has 0 heterocycles. The fourth-order valence-corrected chi connectivity index (χ4v) is 2.17. The van der Waals surface area contributed by atoms with E-state index in [9.17, 15) is 0 Å². The first-order valence-corrected chi connectivity index (χ1v) is 6.18. The summed E-state index contributed by atoms with van der Waals surface area (Å²) in [5.41, 5.74) is 0. The quantitative estimate of drug-likeness (QED) is 0.478. The Hall–Kier alpha value is -0.640. The summed E-state index contributed by atoms with van der Waals surface area (Å²) in [5, 5.41) is 2.75. The van der Waals surface area contributed by atoms with Crippen LogP contribution in [0.3, 0.4) is 0 Å². The molecule has 2 rings (SSSR count). The third-order valence-corrected chi connectivity index (χ3v) is 3.33. The molecule has 0 saturated carbocycles. The molecule has 2 aromatic carbocycles. The lowest BCUT2D eigenvalue weighted by atomic mass is 10.1. The topological polar surface area (TPSA) is 12.0 Å². The van der Waals surface area contributed by atoms with Gasteiger partial charge in [-0.05, 0) is 41.8 Å². The molecule has 0 radical (unpaired) electrons. The minimum absolute atomic E-state index is 0.196. The number of rotatable bonds is 3. The van der Waals surface area contributed by atoms with Crippen LogP contribution in [0, 0.1) is 0 Å². The van der Waals surface area contributed by atoms with Crippen LogP contribution in [0.2, 0.25) is 0 Å². The van der Waals surface area contributed by atoms with E-state index < -0.39 is 0 Å². The van der Waals surface area contributed by atoms with E-state index in [4.69, 9.17) is 0 Å². The van der Waals surface area contributed by atoms with Gasteiger partial charge in [0.1, 0.15) is 0 Å². The zero-order chi connectivity index (χ0) is 10.7. The number of hydrogen-bond acceptors (Lipinski definition) is 3. The van der Waals surface area contributed by atoms with Crippen molar-refractivity contribution in [1.29, 1.82) is 0 Å². The molecule has 0 spiro atoms. The molecule has 0 bridgehead atoms. The standard InChI is InChI=1S/C12H13NS2/c1-9(14)13-15-12-7-6-10-4-2-3-5-11(10)8-12/h2-9,13-14H,1H3. The smallest absolute Gasteiger partial charge is 0.0573 e. The lowest BCUT2D eigenvalue weighted by molar-refractivity contribution is 0.964. The highest BCUT2D eigenvalue weighted by atomic mass is 32.2. The number of hydrogen-bond donors (Lipinski definition) is 2. The largest absolute Gasteiger partial charge is 0.248 e. The summed E-state index contributed by atoms with van der Waals surface area (Å²) in [6, 6.07) is 14.8. The van der Waals surface area contributed by atoms with Gasteiger partial charge in [0.15, 0.2) is 0 Å². The second-order valence-electron chi connectivity index (χ2n) is 3.40. The summed E-state index contributed by atoms with van der Waals surface area (Å²) >= 11 is 5.89. The Morgan fingerprint density at radius 2 is 1.87 bits per heavy atom. The third kappa shape index (κ3) is 2.91. The summed E-state index contributed by atoms with van der Waals surface area (Å²) in [4.78, 5) is 1.22. The molecule has 0 aliphatic heterocycles. The van der Waals surface area contributed by atoms with Crippen molar-refractivity contribution < 1.29 is 0 Å². The van der Waals surface area contributed by atoms with Crippen molar-refractivity contribution in [2.24, 2.45) is 0 Å². The van der Waals surface area contributed by atoms with Crippen LogP contribution in [0.4, 0.5) is 0 Å². The fraction of sp³-hybridized carbons (Fsp3) is 0.167. The third-order valence-electron chi connectivity index (χ3n) is 2.07. The highest BCUT2D eigenvalue weighted by Crippen LogP contribution is 2.22. The van der Waals surface area contributed by atoms with Gasteiger partial charge >= 0.3 is 0 Å². The zero-order valence-electron chi connectivity index (χ0n) is 8.47. The van der Waals surface area contributed by atoms with Crippen molar-refractivity contribution in [3.05, 3.63) is 42.5 Å². The molecule has 15 heavy (non-hydrogen) atoms. The maximum atomic E-state index is 4.27. The monoisotopic (exact) mass is 235 g/mol. The molecule has 0 amide bonds. The van der Waals surface area contributed by atoms with Gasteiger partial charge in [0.05, 0.1) is 5.37 Å². The van der Waals surface area contributed by atoms with Crippen LogP contribution >= 0.6 is 24.6 Å². The van der Waals surface area contributed by atoms with Crippen LogP contribution in [0.15, 0.2) is 47.4 Å². The van der Waals surface area contributed by atoms with Crippen molar-refractivity contribution >= 4 is 35.3 Å². The minimum atomic E-state index is 0.196. The Morgan fingerprint density at radius 3 is 2.60 bits per heavy atom. The van der Waals surface area contributed by atoms with Crippen molar-refractivity contribution in [2.45, 2.75) is 17.2 Å². The van der Waals surface area contributed by atoms with Gasteiger partial charge in [-0.15, -0.1) is 0 Å². The average Bonchev–Trinajstić information content (AvgIpc) is 2.26. The van der Waals surface area contributed by atoms with Crippen LogP contribution in [0.1, 0.15) is 6.92 Å². The maximum Gasteiger partial charge on any atom is 0.0573 e. The molecule has 0 saturated heterocycles. The average molecular weight is 235 g/mol. The van der Waals surface area contributed by atoms with E-state index in [0.29, 0.717) is 0 Å². The van der Waals surface area contributed by atoms with Gasteiger partial charge in [-0.25, -0.2) is 4.72 Å². The molecule has 0 fully saturated rings. The van der Waals surface area contributed by atoms with Crippen molar-refractivity contribution in [3.8, 4) is 0 Å². The summed E-state index contributed by atoms with van der Waals surface area (Å²) in [5.74, 6) is 0. The first kappa shape index (κ1) is 10.9. The summed E-state index contributed by atoms with van der Waals surface area (Å²) in [7, 11) is 0. The van der Waals surface area contributed by atoms with Crippen LogP contribution in [-0.4, -0.2) is 5.37 Å². The van der Waals surface area contributed by atoms with Gasteiger partial charge in [-0.1, -0.05) is 30.3 Å². The zero-order valence-corrected chi connectivity index (χ0v) is 10.2. The summed E-state index contributed by atoms with van der Waals surface area (Å²) in [6.07, 6.45) is 0. The second kappa shape index (κ2) is 4.92. The first-order chi connectivity index (χ1) is 7.25. The van der Waals surface area contributed by atoms with Gasteiger partial charge in [0.2, 0.25) is 0 Å². The first-order valence-electron chi connectivity index (χ1n) is 4.85. The Bertz CT molecular complexity index is 454. The highest BCUT2D eigenvalue weighted by Gasteiger charge is 1.98. The Labute approximate surface area is 99.8 Å². The highest BCUT2D eigenvalue weighted by molar-refractivity contribution is 7.98. The number of fused-ring (bicyclic) bond motifs is 1. The van der Waals surface area contributed by atoms with E-state index in [1.807, 2.05) is 6.92 Å². The number of benzene rings is 2. The van der Waals surface area contributed by atoms with E-state index in [1.165, 1.54) is 15.7 Å². The van der Waals surface area contributed by atoms with Crippen molar-refractivity contribution in [2.75, 3.05) is 0 Å².